The summed E-state index contributed by atoms with van der Waals surface area (Å²) < 4.78 is 0. The van der Waals surface area contributed by atoms with Gasteiger partial charge in [0.05, 0.1) is 0 Å². The van der Waals surface area contributed by atoms with Gasteiger partial charge in [0, 0.05) is 11.4 Å². The van der Waals surface area contributed by atoms with Gasteiger partial charge in [-0.2, -0.15) is 0 Å². The third kappa shape index (κ3) is 2.08. The highest BCUT2D eigenvalue weighted by Crippen LogP contribution is 2.26. The van der Waals surface area contributed by atoms with E-state index in [0.29, 0.717) is 6.04 Å². The van der Waals surface area contributed by atoms with Gasteiger partial charge in [-0.25, -0.2) is 0 Å². The quantitative estimate of drug-likeness (QED) is 0.484. The molecule has 0 heterocycles. The van der Waals surface area contributed by atoms with E-state index in [1.807, 2.05) is 0 Å². The molecule has 0 radical (unpaired) electrons. The number of alkyl halides is 1. The van der Waals surface area contributed by atoms with Crippen molar-refractivity contribution in [3.05, 3.63) is 0 Å². The summed E-state index contributed by atoms with van der Waals surface area (Å²) in [5, 5.41) is 1.16. The lowest BCUT2D eigenvalue weighted by Crippen LogP contribution is -2.17. The minimum absolute atomic E-state index is 0.565. The van der Waals surface area contributed by atoms with Crippen molar-refractivity contribution < 1.29 is 0 Å². The van der Waals surface area contributed by atoms with E-state index >= 15 is 0 Å². The van der Waals surface area contributed by atoms with Crippen molar-refractivity contribution in [2.45, 2.75) is 31.7 Å². The van der Waals surface area contributed by atoms with Crippen LogP contribution in [0, 0.1) is 5.92 Å². The van der Waals surface area contributed by atoms with E-state index in [0.717, 1.165) is 11.2 Å². The standard InChI is InChI=1S/C8H14BrN/c1-10-8-4-2-7(6-9)3-5-8/h7-8H,1-6H2. The fourth-order valence-corrected chi connectivity index (χ4v) is 2.13. The summed E-state index contributed by atoms with van der Waals surface area (Å²) >= 11 is 3.51. The molecule has 0 bridgehead atoms. The summed E-state index contributed by atoms with van der Waals surface area (Å²) in [6.45, 7) is 3.57. The molecule has 0 aromatic carbocycles. The second kappa shape index (κ2) is 4.12. The van der Waals surface area contributed by atoms with Crippen molar-refractivity contribution in [2.75, 3.05) is 5.33 Å². The predicted octanol–water partition coefficient (Wildman–Crippen LogP) is 2.64. The van der Waals surface area contributed by atoms with Gasteiger partial charge in [0.15, 0.2) is 0 Å². The van der Waals surface area contributed by atoms with E-state index in [9.17, 15) is 0 Å². The van der Waals surface area contributed by atoms with Gasteiger partial charge in [-0.15, -0.1) is 0 Å². The average molecular weight is 204 g/mol. The van der Waals surface area contributed by atoms with Gasteiger partial charge in [0.1, 0.15) is 0 Å². The van der Waals surface area contributed by atoms with E-state index in [2.05, 4.69) is 27.6 Å². The van der Waals surface area contributed by atoms with Crippen molar-refractivity contribution in [3.63, 3.8) is 0 Å². The lowest BCUT2D eigenvalue weighted by molar-refractivity contribution is 0.356. The molecule has 58 valence electrons. The first-order valence-corrected chi connectivity index (χ1v) is 5.00. The van der Waals surface area contributed by atoms with E-state index in [-0.39, 0.29) is 0 Å². The molecule has 0 saturated heterocycles. The van der Waals surface area contributed by atoms with Gasteiger partial charge in [-0.3, -0.25) is 4.99 Å². The van der Waals surface area contributed by atoms with Crippen LogP contribution in [-0.2, 0) is 0 Å². The molecule has 0 unspecified atom stereocenters. The zero-order chi connectivity index (χ0) is 7.40. The Morgan fingerprint density at radius 2 is 1.90 bits per heavy atom. The third-order valence-corrected chi connectivity index (χ3v) is 3.21. The third-order valence-electron chi connectivity index (χ3n) is 2.29. The molecular weight excluding hydrogens is 190 g/mol. The monoisotopic (exact) mass is 203 g/mol. The molecule has 1 rings (SSSR count). The molecule has 0 N–H and O–H groups in total. The fraction of sp³-hybridized carbons (Fsp3) is 0.875. The predicted molar refractivity (Wildman–Crippen MR) is 49.1 cm³/mol. The maximum absolute atomic E-state index is 4.05. The van der Waals surface area contributed by atoms with Gasteiger partial charge in [0.2, 0.25) is 0 Å². The summed E-state index contributed by atoms with van der Waals surface area (Å²) in [6, 6.07) is 0.565. The highest BCUT2D eigenvalue weighted by Gasteiger charge is 2.18. The van der Waals surface area contributed by atoms with Crippen molar-refractivity contribution >= 4 is 22.6 Å². The van der Waals surface area contributed by atoms with E-state index in [1.54, 1.807) is 0 Å². The zero-order valence-electron chi connectivity index (χ0n) is 6.22. The molecule has 0 atom stereocenters. The largest absolute Gasteiger partial charge is 0.298 e. The summed E-state index contributed by atoms with van der Waals surface area (Å²) in [4.78, 5) is 4.05. The fourth-order valence-electron chi connectivity index (χ4n) is 1.48. The van der Waals surface area contributed by atoms with E-state index in [4.69, 9.17) is 0 Å². The van der Waals surface area contributed by atoms with Crippen LogP contribution in [0.25, 0.3) is 0 Å². The molecule has 0 amide bonds. The first-order chi connectivity index (χ1) is 4.86. The Kier molecular flexibility index (Phi) is 3.40. The Bertz CT molecular complexity index is 106. The van der Waals surface area contributed by atoms with Crippen molar-refractivity contribution in [1.29, 1.82) is 0 Å². The Balaban J connectivity index is 2.23. The van der Waals surface area contributed by atoms with Crippen LogP contribution in [-0.4, -0.2) is 18.1 Å². The maximum Gasteiger partial charge on any atom is 0.0492 e. The van der Waals surface area contributed by atoms with Crippen molar-refractivity contribution in [1.82, 2.24) is 0 Å². The number of aliphatic imine (C=N–C) groups is 1. The highest BCUT2D eigenvalue weighted by molar-refractivity contribution is 9.09. The molecule has 2 heteroatoms. The molecule has 1 aliphatic rings. The number of hydrogen-bond donors (Lipinski definition) is 0. The summed E-state index contributed by atoms with van der Waals surface area (Å²) in [5.74, 6) is 0.901. The minimum atomic E-state index is 0.565. The normalized spacial score (nSPS) is 33.7. The summed E-state index contributed by atoms with van der Waals surface area (Å²) in [7, 11) is 0. The molecule has 0 spiro atoms. The number of halogens is 1. The van der Waals surface area contributed by atoms with Gasteiger partial charge >= 0.3 is 0 Å². The average Bonchev–Trinajstić information content (AvgIpc) is 2.05. The van der Waals surface area contributed by atoms with Gasteiger partial charge in [-0.1, -0.05) is 15.9 Å². The topological polar surface area (TPSA) is 12.4 Å². The molecule has 0 aliphatic heterocycles. The van der Waals surface area contributed by atoms with Gasteiger partial charge in [0.25, 0.3) is 0 Å². The number of rotatable bonds is 2. The highest BCUT2D eigenvalue weighted by atomic mass is 79.9. The molecule has 1 saturated carbocycles. The SMILES string of the molecule is C=NC1CCC(CBr)CC1. The molecular formula is C8H14BrN. The smallest absolute Gasteiger partial charge is 0.0492 e. The van der Waals surface area contributed by atoms with Crippen LogP contribution < -0.4 is 0 Å². The molecule has 1 fully saturated rings. The molecule has 0 aromatic rings. The van der Waals surface area contributed by atoms with Crippen LogP contribution >= 0.6 is 15.9 Å². The van der Waals surface area contributed by atoms with Crippen molar-refractivity contribution in [2.24, 2.45) is 10.9 Å². The van der Waals surface area contributed by atoms with Crippen LogP contribution in [0.2, 0.25) is 0 Å². The second-order valence-corrected chi connectivity index (χ2v) is 3.66. The first kappa shape index (κ1) is 8.25. The minimum Gasteiger partial charge on any atom is -0.298 e. The van der Waals surface area contributed by atoms with Gasteiger partial charge in [-0.05, 0) is 38.3 Å². The molecule has 1 aliphatic carbocycles. The zero-order valence-corrected chi connectivity index (χ0v) is 7.81. The van der Waals surface area contributed by atoms with Crippen LogP contribution in [0.4, 0.5) is 0 Å². The first-order valence-electron chi connectivity index (χ1n) is 3.88. The molecule has 1 nitrogen and oxygen atoms in total. The Hall–Kier alpha value is 0.150. The second-order valence-electron chi connectivity index (χ2n) is 3.01. The van der Waals surface area contributed by atoms with E-state index in [1.165, 1.54) is 25.7 Å². The Morgan fingerprint density at radius 3 is 2.30 bits per heavy atom. The number of hydrogen-bond acceptors (Lipinski definition) is 1. The lowest BCUT2D eigenvalue weighted by atomic mass is 9.88. The van der Waals surface area contributed by atoms with Crippen LogP contribution in [0.5, 0.6) is 0 Å². The lowest BCUT2D eigenvalue weighted by Gasteiger charge is -2.24. The molecule has 10 heavy (non-hydrogen) atoms. The summed E-state index contributed by atoms with van der Waals surface area (Å²) in [5.41, 5.74) is 0. The maximum atomic E-state index is 4.05. The summed E-state index contributed by atoms with van der Waals surface area (Å²) in [6.07, 6.45) is 5.16. The van der Waals surface area contributed by atoms with Crippen molar-refractivity contribution in [3.8, 4) is 0 Å². The van der Waals surface area contributed by atoms with Crippen LogP contribution in [0.15, 0.2) is 4.99 Å². The van der Waals surface area contributed by atoms with Crippen LogP contribution in [0.3, 0.4) is 0 Å². The van der Waals surface area contributed by atoms with Crippen LogP contribution in [0.1, 0.15) is 25.7 Å². The number of nitrogens with zero attached hydrogens (tertiary/aromatic N) is 1. The van der Waals surface area contributed by atoms with E-state index < -0.39 is 0 Å². The van der Waals surface area contributed by atoms with Gasteiger partial charge < -0.3 is 0 Å². The Morgan fingerprint density at radius 1 is 1.30 bits per heavy atom. The Labute approximate surface area is 71.1 Å². The molecule has 0 aromatic heterocycles.